The molecule has 228 valence electrons. The van der Waals surface area contributed by atoms with Crippen molar-refractivity contribution in [2.24, 2.45) is 23.0 Å². The summed E-state index contributed by atoms with van der Waals surface area (Å²) < 4.78 is 0. The van der Waals surface area contributed by atoms with Crippen LogP contribution in [0.15, 0.2) is 28.7 Å². The molecule has 7 N–H and O–H groups in total. The zero-order valence-electron chi connectivity index (χ0n) is 25.0. The number of carbonyl (C=O) groups is 4. The minimum Gasteiger partial charge on any atom is -0.510 e. The van der Waals surface area contributed by atoms with Crippen LogP contribution in [0.1, 0.15) is 48.7 Å². The number of nitrogens with one attached hydrogen (secondary N) is 1. The van der Waals surface area contributed by atoms with Crippen molar-refractivity contribution < 1.29 is 39.6 Å². The number of phenolic OH excluding ortho intramolecular Hbond substituents is 1. The number of benzene rings is 1. The molecule has 0 radical (unpaired) electrons. The molecule has 0 aromatic heterocycles. The second-order valence-electron chi connectivity index (χ2n) is 12.9. The number of phenols is 1. The summed E-state index contributed by atoms with van der Waals surface area (Å²) in [6, 6.07) is 0.686. The molecule has 0 heterocycles. The number of allylic oxidation sites excluding steroid dienone is 1. The van der Waals surface area contributed by atoms with Crippen molar-refractivity contribution in [1.29, 1.82) is 0 Å². The molecule has 1 amide bonds. The lowest BCUT2D eigenvalue weighted by Crippen LogP contribution is -2.63. The van der Waals surface area contributed by atoms with E-state index in [2.05, 4.69) is 5.32 Å². The van der Waals surface area contributed by atoms with E-state index in [9.17, 15) is 39.6 Å². The smallest absolute Gasteiger partial charge is 0.255 e. The number of aliphatic hydroxyl groups is 3. The van der Waals surface area contributed by atoms with Crippen LogP contribution in [0.2, 0.25) is 0 Å². The number of hydrogen-bond acceptors (Lipinski definition) is 11. The molecular formula is C30H40N4O8. The lowest BCUT2D eigenvalue weighted by Gasteiger charge is -2.50. The van der Waals surface area contributed by atoms with E-state index in [1.807, 2.05) is 0 Å². The molecule has 12 nitrogen and oxygen atoms in total. The maximum atomic E-state index is 14.1. The van der Waals surface area contributed by atoms with Crippen LogP contribution in [0.5, 0.6) is 5.75 Å². The zero-order valence-corrected chi connectivity index (χ0v) is 25.0. The van der Waals surface area contributed by atoms with Gasteiger partial charge in [-0.2, -0.15) is 0 Å². The third-order valence-electron chi connectivity index (χ3n) is 8.70. The number of fused-ring (bicyclic) bond motifs is 3. The number of hydrogen-bond donors (Lipinski definition) is 6. The van der Waals surface area contributed by atoms with Crippen molar-refractivity contribution in [3.05, 3.63) is 45.4 Å². The third kappa shape index (κ3) is 4.67. The van der Waals surface area contributed by atoms with Crippen LogP contribution < -0.4 is 16.0 Å². The van der Waals surface area contributed by atoms with E-state index >= 15 is 0 Å². The Labute approximate surface area is 244 Å². The number of likely N-dealkylation sites (N-methyl/N-ethyl adjacent to an activating group) is 1. The highest BCUT2D eigenvalue weighted by Crippen LogP contribution is 2.53. The normalized spacial score (nSPS) is 25.8. The number of carbonyl (C=O) groups excluding carboxylic acids is 4. The van der Waals surface area contributed by atoms with Crippen molar-refractivity contribution in [3.63, 3.8) is 0 Å². The fourth-order valence-electron chi connectivity index (χ4n) is 6.46. The molecule has 4 rings (SSSR count). The zero-order chi connectivity index (χ0) is 31.6. The highest BCUT2D eigenvalue weighted by Gasteiger charge is 2.63. The molecule has 0 saturated heterocycles. The highest BCUT2D eigenvalue weighted by atomic mass is 16.3. The van der Waals surface area contributed by atoms with Crippen LogP contribution in [0.4, 0.5) is 5.69 Å². The number of aromatic hydroxyl groups is 1. The highest BCUT2D eigenvalue weighted by molar-refractivity contribution is 6.25. The van der Waals surface area contributed by atoms with Gasteiger partial charge in [-0.05, 0) is 44.5 Å². The van der Waals surface area contributed by atoms with Crippen LogP contribution >= 0.6 is 0 Å². The summed E-state index contributed by atoms with van der Waals surface area (Å²) in [7, 11) is 6.74. The molecule has 4 atom stereocenters. The lowest BCUT2D eigenvalue weighted by atomic mass is 9.58. The third-order valence-corrected chi connectivity index (χ3v) is 8.70. The Morgan fingerprint density at radius 2 is 1.74 bits per heavy atom. The molecule has 0 unspecified atom stereocenters. The molecule has 0 aliphatic heterocycles. The summed E-state index contributed by atoms with van der Waals surface area (Å²) in [4.78, 5) is 55.4. The van der Waals surface area contributed by atoms with Crippen LogP contribution in [-0.4, -0.2) is 95.0 Å². The molecule has 3 aliphatic rings. The molecule has 0 bridgehead atoms. The monoisotopic (exact) mass is 584 g/mol. The molecule has 0 fully saturated rings. The van der Waals surface area contributed by atoms with E-state index in [0.717, 1.165) is 0 Å². The van der Waals surface area contributed by atoms with Crippen molar-refractivity contribution in [2.45, 2.75) is 51.8 Å². The average molecular weight is 585 g/mol. The van der Waals surface area contributed by atoms with E-state index in [1.165, 1.54) is 4.90 Å². The van der Waals surface area contributed by atoms with Gasteiger partial charge in [0.1, 0.15) is 22.8 Å². The van der Waals surface area contributed by atoms with Crippen LogP contribution in [0, 0.1) is 17.3 Å². The summed E-state index contributed by atoms with van der Waals surface area (Å²) in [6.45, 7) is 5.53. The predicted octanol–water partition coefficient (Wildman–Crippen LogP) is 0.891. The predicted molar refractivity (Wildman–Crippen MR) is 154 cm³/mol. The summed E-state index contributed by atoms with van der Waals surface area (Å²) in [5.41, 5.74) is 2.53. The Morgan fingerprint density at radius 3 is 2.26 bits per heavy atom. The van der Waals surface area contributed by atoms with E-state index < -0.39 is 63.5 Å². The number of amides is 1. The van der Waals surface area contributed by atoms with Gasteiger partial charge in [0.25, 0.3) is 5.91 Å². The minimum absolute atomic E-state index is 0.0115. The van der Waals surface area contributed by atoms with Gasteiger partial charge in [-0.15, -0.1) is 0 Å². The Hall–Kier alpha value is -3.74. The largest absolute Gasteiger partial charge is 0.510 e. The van der Waals surface area contributed by atoms with Gasteiger partial charge in [-0.3, -0.25) is 24.1 Å². The fraction of sp³-hybridized carbons (Fsp3) is 0.533. The number of rotatable bonds is 7. The van der Waals surface area contributed by atoms with Crippen molar-refractivity contribution in [1.82, 2.24) is 10.2 Å². The summed E-state index contributed by atoms with van der Waals surface area (Å²) in [6.07, 6.45) is 0.198. The van der Waals surface area contributed by atoms with Gasteiger partial charge < -0.3 is 36.4 Å². The Balaban J connectivity index is 1.85. The summed E-state index contributed by atoms with van der Waals surface area (Å²) in [5, 5.41) is 48.5. The van der Waals surface area contributed by atoms with Gasteiger partial charge in [-0.1, -0.05) is 20.8 Å². The van der Waals surface area contributed by atoms with Crippen molar-refractivity contribution in [2.75, 3.05) is 39.6 Å². The number of anilines is 1. The number of nitrogens with zero attached hydrogens (tertiary/aromatic N) is 2. The average Bonchev–Trinajstić information content (AvgIpc) is 2.86. The fourth-order valence-corrected chi connectivity index (χ4v) is 6.46. The van der Waals surface area contributed by atoms with Gasteiger partial charge in [0.05, 0.1) is 18.2 Å². The number of Topliss-reactive ketones (excluding diaryl/α,β-unsaturated/α-hetero) is 3. The van der Waals surface area contributed by atoms with Gasteiger partial charge >= 0.3 is 0 Å². The van der Waals surface area contributed by atoms with Crippen molar-refractivity contribution in [3.8, 4) is 5.75 Å². The molecule has 12 heteroatoms. The van der Waals surface area contributed by atoms with E-state index in [-0.39, 0.29) is 48.6 Å². The molecule has 0 saturated carbocycles. The molecule has 42 heavy (non-hydrogen) atoms. The van der Waals surface area contributed by atoms with Crippen LogP contribution in [-0.2, 0) is 27.3 Å². The van der Waals surface area contributed by atoms with E-state index in [0.29, 0.717) is 16.8 Å². The summed E-state index contributed by atoms with van der Waals surface area (Å²) in [5.74, 6) is -6.95. The maximum Gasteiger partial charge on any atom is 0.255 e. The molecule has 1 aromatic rings. The first-order valence-electron chi connectivity index (χ1n) is 13.8. The van der Waals surface area contributed by atoms with Gasteiger partial charge in [0, 0.05) is 48.8 Å². The number of nitrogens with two attached hydrogens (primary N) is 1. The molecule has 3 aliphatic carbocycles. The first-order valence-corrected chi connectivity index (χ1v) is 13.8. The van der Waals surface area contributed by atoms with E-state index in [1.54, 1.807) is 59.9 Å². The Kier molecular flexibility index (Phi) is 7.81. The van der Waals surface area contributed by atoms with Gasteiger partial charge in [0.15, 0.2) is 17.2 Å². The van der Waals surface area contributed by atoms with Crippen molar-refractivity contribution >= 4 is 28.9 Å². The second kappa shape index (κ2) is 10.5. The quantitative estimate of drug-likeness (QED) is 0.249. The molecule has 0 spiro atoms. The van der Waals surface area contributed by atoms with Crippen LogP contribution in [0.3, 0.4) is 0 Å². The maximum absolute atomic E-state index is 14.1. The minimum atomic E-state index is -2.70. The lowest BCUT2D eigenvalue weighted by molar-refractivity contribution is -0.148. The first-order chi connectivity index (χ1) is 19.3. The Morgan fingerprint density at radius 1 is 1.12 bits per heavy atom. The molecule has 1 aromatic carbocycles. The standard InChI is InChI=1S/C30H40N4O8/c1-29(2,3)18(35)12-32-11-14-10-17(33(4)5)15-8-13-9-16-22(34(6)7)25(38)21(28(31)41)27(40)30(16,42)26(39)19(13)24(37)20(15)23(14)36/h10,13,16,22,32,36,38-39,42H,8-9,11-12H2,1-7H3,(H2,31,41)/t13-,16-,22-,30-/m0/s1. The van der Waals surface area contributed by atoms with E-state index in [4.69, 9.17) is 5.73 Å². The van der Waals surface area contributed by atoms with Gasteiger partial charge in [0.2, 0.25) is 5.78 Å². The topological polar surface area (TPSA) is 194 Å². The number of aliphatic hydroxyl groups excluding tert-OH is 2. The van der Waals surface area contributed by atoms with Gasteiger partial charge in [-0.25, -0.2) is 0 Å². The second-order valence-corrected chi connectivity index (χ2v) is 12.9. The number of ketones is 3. The molecular weight excluding hydrogens is 544 g/mol. The first kappa shape index (κ1) is 31.2. The SMILES string of the molecule is CN(C)c1cc(CNCC(=O)C(C)(C)C)c(O)c2c1C[C@H]1C[C@H]3[C@H](N(C)C)C(O)=C(C(N)=O)C(=O)[C@@]3(O)C(O)=C1C2=O. The summed E-state index contributed by atoms with van der Waals surface area (Å²) >= 11 is 0. The van der Waals surface area contributed by atoms with Crippen LogP contribution in [0.25, 0.3) is 0 Å². The number of primary amides is 1. The Bertz CT molecular complexity index is 1450.